The highest BCUT2D eigenvalue weighted by Crippen LogP contribution is 2.17. The lowest BCUT2D eigenvalue weighted by Gasteiger charge is -2.06. The molecule has 0 aliphatic heterocycles. The van der Waals surface area contributed by atoms with Crippen molar-refractivity contribution in [2.24, 2.45) is 0 Å². The van der Waals surface area contributed by atoms with Crippen LogP contribution in [0.25, 0.3) is 10.9 Å². The average molecular weight is 339 g/mol. The molecule has 9 nitrogen and oxygen atoms in total. The van der Waals surface area contributed by atoms with Crippen LogP contribution >= 0.6 is 0 Å². The van der Waals surface area contributed by atoms with Crippen molar-refractivity contribution in [2.45, 2.75) is 13.0 Å². The average Bonchev–Trinajstić information content (AvgIpc) is 2.61. The van der Waals surface area contributed by atoms with Gasteiger partial charge in [0.05, 0.1) is 16.9 Å². The van der Waals surface area contributed by atoms with E-state index in [2.05, 4.69) is 15.6 Å². The summed E-state index contributed by atoms with van der Waals surface area (Å²) in [6, 6.07) is 12.4. The summed E-state index contributed by atoms with van der Waals surface area (Å²) in [6.07, 6.45) is -0.0182. The van der Waals surface area contributed by atoms with Crippen molar-refractivity contribution in [1.82, 2.24) is 15.0 Å². The number of nitro groups is 1. The summed E-state index contributed by atoms with van der Waals surface area (Å²) < 4.78 is 1.12. The SMILES string of the molecule is O=C(CCn1nnc2ccccc2c1=O)Nc1cccc([N+](=O)[O-])c1. The van der Waals surface area contributed by atoms with Crippen LogP contribution < -0.4 is 10.9 Å². The molecule has 126 valence electrons. The highest BCUT2D eigenvalue weighted by Gasteiger charge is 2.10. The first-order valence-corrected chi connectivity index (χ1v) is 7.41. The second-order valence-corrected chi connectivity index (χ2v) is 5.24. The normalized spacial score (nSPS) is 10.6. The van der Waals surface area contributed by atoms with Gasteiger partial charge in [-0.05, 0) is 18.2 Å². The van der Waals surface area contributed by atoms with Crippen molar-refractivity contribution in [2.75, 3.05) is 5.32 Å². The minimum absolute atomic E-state index is 0.0182. The van der Waals surface area contributed by atoms with Crippen molar-refractivity contribution in [3.63, 3.8) is 0 Å². The number of hydrogen-bond donors (Lipinski definition) is 1. The van der Waals surface area contributed by atoms with E-state index in [0.29, 0.717) is 16.6 Å². The van der Waals surface area contributed by atoms with Crippen LogP contribution in [0.2, 0.25) is 0 Å². The molecule has 0 saturated heterocycles. The molecular formula is C16H13N5O4. The molecule has 0 fully saturated rings. The molecule has 3 rings (SSSR count). The number of nitrogens with zero attached hydrogens (tertiary/aromatic N) is 4. The summed E-state index contributed by atoms with van der Waals surface area (Å²) in [6.45, 7) is 0.0530. The summed E-state index contributed by atoms with van der Waals surface area (Å²) in [5, 5.41) is 21.5. The van der Waals surface area contributed by atoms with E-state index in [4.69, 9.17) is 0 Å². The van der Waals surface area contributed by atoms with Gasteiger partial charge in [-0.2, -0.15) is 0 Å². The molecule has 2 aromatic carbocycles. The zero-order valence-corrected chi connectivity index (χ0v) is 13.0. The lowest BCUT2D eigenvalue weighted by molar-refractivity contribution is -0.384. The number of aryl methyl sites for hydroxylation is 1. The smallest absolute Gasteiger partial charge is 0.277 e. The Morgan fingerprint density at radius 1 is 1.20 bits per heavy atom. The van der Waals surface area contributed by atoms with Crippen molar-refractivity contribution in [3.8, 4) is 0 Å². The molecule has 0 bridgehead atoms. The molecule has 3 aromatic rings. The Kier molecular flexibility index (Phi) is 4.46. The Morgan fingerprint density at radius 2 is 2.00 bits per heavy atom. The molecule has 0 atom stereocenters. The number of carbonyl (C=O) groups is 1. The maximum Gasteiger partial charge on any atom is 0.277 e. The van der Waals surface area contributed by atoms with Gasteiger partial charge < -0.3 is 5.32 Å². The fourth-order valence-corrected chi connectivity index (χ4v) is 2.30. The molecule has 0 radical (unpaired) electrons. The number of nitro benzene ring substituents is 1. The first-order valence-electron chi connectivity index (χ1n) is 7.41. The Morgan fingerprint density at radius 3 is 2.80 bits per heavy atom. The predicted molar refractivity (Wildman–Crippen MR) is 90.1 cm³/mol. The fraction of sp³-hybridized carbons (Fsp3) is 0.125. The molecule has 0 saturated carbocycles. The zero-order valence-electron chi connectivity index (χ0n) is 13.0. The van der Waals surface area contributed by atoms with Gasteiger partial charge in [0.25, 0.3) is 11.2 Å². The van der Waals surface area contributed by atoms with Crippen LogP contribution in [0.5, 0.6) is 0 Å². The number of carbonyl (C=O) groups excluding carboxylic acids is 1. The summed E-state index contributed by atoms with van der Waals surface area (Å²) in [5.74, 6) is -0.387. The van der Waals surface area contributed by atoms with Gasteiger partial charge in [-0.15, -0.1) is 5.10 Å². The Hall–Kier alpha value is -3.62. The largest absolute Gasteiger partial charge is 0.326 e. The third-order valence-electron chi connectivity index (χ3n) is 3.52. The number of non-ortho nitro benzene ring substituents is 1. The molecule has 0 unspecified atom stereocenters. The quantitative estimate of drug-likeness (QED) is 0.558. The van der Waals surface area contributed by atoms with Crippen LogP contribution in [-0.2, 0) is 11.3 Å². The highest BCUT2D eigenvalue weighted by atomic mass is 16.6. The van der Waals surface area contributed by atoms with E-state index in [0.717, 1.165) is 4.68 Å². The number of benzene rings is 2. The zero-order chi connectivity index (χ0) is 17.8. The molecule has 0 aliphatic rings. The van der Waals surface area contributed by atoms with Crippen LogP contribution in [0.1, 0.15) is 6.42 Å². The third-order valence-corrected chi connectivity index (χ3v) is 3.52. The number of fused-ring (bicyclic) bond motifs is 1. The van der Waals surface area contributed by atoms with Crippen LogP contribution in [0.15, 0.2) is 53.3 Å². The molecule has 1 amide bonds. The van der Waals surface area contributed by atoms with E-state index in [1.54, 1.807) is 30.3 Å². The molecule has 1 N–H and O–H groups in total. The highest BCUT2D eigenvalue weighted by molar-refractivity contribution is 5.91. The topological polar surface area (TPSA) is 120 Å². The van der Waals surface area contributed by atoms with E-state index < -0.39 is 4.92 Å². The van der Waals surface area contributed by atoms with Crippen molar-refractivity contribution in [1.29, 1.82) is 0 Å². The van der Waals surface area contributed by atoms with E-state index in [9.17, 15) is 19.7 Å². The van der Waals surface area contributed by atoms with Gasteiger partial charge in [0.2, 0.25) is 5.91 Å². The number of aromatic nitrogens is 3. The number of anilines is 1. The van der Waals surface area contributed by atoms with Crippen molar-refractivity contribution < 1.29 is 9.72 Å². The number of amides is 1. The number of hydrogen-bond acceptors (Lipinski definition) is 6. The summed E-state index contributed by atoms with van der Waals surface area (Å²) in [5.41, 5.74) is 0.365. The maximum absolute atomic E-state index is 12.3. The Balaban J connectivity index is 1.68. The Labute approximate surface area is 141 Å². The van der Waals surface area contributed by atoms with Gasteiger partial charge in [0.1, 0.15) is 5.52 Å². The van der Waals surface area contributed by atoms with Gasteiger partial charge in [-0.1, -0.05) is 23.4 Å². The standard InChI is InChI=1S/C16H13N5O4/c22-15(17-11-4-3-5-12(10-11)21(24)25)8-9-20-16(23)13-6-1-2-7-14(13)18-19-20/h1-7,10H,8-9H2,(H,17,22). The lowest BCUT2D eigenvalue weighted by Crippen LogP contribution is -2.26. The van der Waals surface area contributed by atoms with Gasteiger partial charge in [0.15, 0.2) is 0 Å². The van der Waals surface area contributed by atoms with Crippen LogP contribution in [0.3, 0.4) is 0 Å². The second kappa shape index (κ2) is 6.87. The fourth-order valence-electron chi connectivity index (χ4n) is 2.30. The van der Waals surface area contributed by atoms with E-state index in [1.165, 1.54) is 18.2 Å². The van der Waals surface area contributed by atoms with Gasteiger partial charge >= 0.3 is 0 Å². The van der Waals surface area contributed by atoms with Crippen molar-refractivity contribution in [3.05, 3.63) is 69.0 Å². The first-order chi connectivity index (χ1) is 12.0. The van der Waals surface area contributed by atoms with Crippen molar-refractivity contribution >= 4 is 28.2 Å². The molecule has 0 aliphatic carbocycles. The molecule has 9 heteroatoms. The minimum atomic E-state index is -0.542. The van der Waals surface area contributed by atoms with Gasteiger partial charge in [-0.3, -0.25) is 19.7 Å². The maximum atomic E-state index is 12.3. The molecule has 25 heavy (non-hydrogen) atoms. The number of nitrogens with one attached hydrogen (secondary N) is 1. The van der Waals surface area contributed by atoms with E-state index in [-0.39, 0.29) is 30.1 Å². The summed E-state index contributed by atoms with van der Waals surface area (Å²) in [4.78, 5) is 34.5. The first kappa shape index (κ1) is 16.2. The predicted octanol–water partition coefficient (Wildman–Crippen LogP) is 1.73. The monoisotopic (exact) mass is 339 g/mol. The summed E-state index contributed by atoms with van der Waals surface area (Å²) in [7, 11) is 0. The molecule has 1 aromatic heterocycles. The van der Waals surface area contributed by atoms with E-state index in [1.807, 2.05) is 0 Å². The molecule has 1 heterocycles. The number of rotatable bonds is 5. The van der Waals surface area contributed by atoms with Gasteiger partial charge in [0, 0.05) is 24.2 Å². The molecule has 0 spiro atoms. The third kappa shape index (κ3) is 3.66. The summed E-state index contributed by atoms with van der Waals surface area (Å²) >= 11 is 0. The van der Waals surface area contributed by atoms with E-state index >= 15 is 0 Å². The van der Waals surface area contributed by atoms with Crippen LogP contribution in [0, 0.1) is 10.1 Å². The van der Waals surface area contributed by atoms with Crippen LogP contribution in [-0.4, -0.2) is 25.8 Å². The minimum Gasteiger partial charge on any atom is -0.326 e. The molecular weight excluding hydrogens is 326 g/mol. The lowest BCUT2D eigenvalue weighted by atomic mass is 10.2. The van der Waals surface area contributed by atoms with Gasteiger partial charge in [-0.25, -0.2) is 4.68 Å². The Bertz CT molecular complexity index is 1010. The van der Waals surface area contributed by atoms with Crippen LogP contribution in [0.4, 0.5) is 11.4 Å². The second-order valence-electron chi connectivity index (χ2n) is 5.24.